The van der Waals surface area contributed by atoms with Crippen LogP contribution in [0.3, 0.4) is 0 Å². The van der Waals surface area contributed by atoms with Gasteiger partial charge in [0.2, 0.25) is 0 Å². The summed E-state index contributed by atoms with van der Waals surface area (Å²) >= 11 is 0. The van der Waals surface area contributed by atoms with Gasteiger partial charge in [0.15, 0.2) is 0 Å². The molecule has 0 amide bonds. The summed E-state index contributed by atoms with van der Waals surface area (Å²) in [6.45, 7) is 4.03. The molecule has 2 rings (SSSR count). The highest BCUT2D eigenvalue weighted by Crippen LogP contribution is 2.31. The van der Waals surface area contributed by atoms with E-state index in [1.165, 1.54) is 25.7 Å². The Morgan fingerprint density at radius 1 is 1.32 bits per heavy atom. The quantitative estimate of drug-likeness (QED) is 0.500. The molecule has 19 heavy (non-hydrogen) atoms. The van der Waals surface area contributed by atoms with Crippen LogP contribution in [0.5, 0.6) is 5.75 Å². The highest BCUT2D eigenvalue weighted by Gasteiger charge is 2.26. The second-order valence-electron chi connectivity index (χ2n) is 5.29. The molecule has 0 heterocycles. The van der Waals surface area contributed by atoms with E-state index in [0.717, 1.165) is 17.7 Å². The average molecular weight is 261 g/mol. The van der Waals surface area contributed by atoms with Crippen molar-refractivity contribution in [3.63, 3.8) is 0 Å². The van der Waals surface area contributed by atoms with Gasteiger partial charge in [-0.3, -0.25) is 0 Å². The lowest BCUT2D eigenvalue weighted by atomic mass is 9.84. The van der Waals surface area contributed by atoms with Crippen molar-refractivity contribution in [1.29, 1.82) is 0 Å². The summed E-state index contributed by atoms with van der Waals surface area (Å²) in [5.74, 6) is 1.48. The summed E-state index contributed by atoms with van der Waals surface area (Å²) in [6, 6.07) is 7.81. The van der Waals surface area contributed by atoms with Gasteiger partial charge in [-0.2, -0.15) is 0 Å². The topological polar surface area (TPSA) is 41.8 Å². The second kappa shape index (κ2) is 6.60. The highest BCUT2D eigenvalue weighted by molar-refractivity contribution is 6.00. The van der Waals surface area contributed by atoms with Gasteiger partial charge in [0.05, 0.1) is 5.71 Å². The van der Waals surface area contributed by atoms with E-state index >= 15 is 0 Å². The minimum absolute atomic E-state index is 0.298. The smallest absolute Gasteiger partial charge is 0.128 e. The SMILES string of the molecule is CCC1CCCCC1Oc1ccccc1C(C)=NO. The lowest BCUT2D eigenvalue weighted by Gasteiger charge is -2.31. The zero-order chi connectivity index (χ0) is 13.7. The molecule has 3 nitrogen and oxygen atoms in total. The fourth-order valence-electron chi connectivity index (χ4n) is 2.88. The molecule has 0 radical (unpaired) electrons. The zero-order valence-electron chi connectivity index (χ0n) is 11.8. The third kappa shape index (κ3) is 3.28. The average Bonchev–Trinajstić information content (AvgIpc) is 2.47. The lowest BCUT2D eigenvalue weighted by molar-refractivity contribution is 0.0902. The maximum absolute atomic E-state index is 8.95. The first-order valence-electron chi connectivity index (χ1n) is 7.21. The minimum atomic E-state index is 0.298. The van der Waals surface area contributed by atoms with Crippen LogP contribution >= 0.6 is 0 Å². The number of benzene rings is 1. The van der Waals surface area contributed by atoms with E-state index in [4.69, 9.17) is 9.94 Å². The molecule has 3 heteroatoms. The van der Waals surface area contributed by atoms with Gasteiger partial charge in [-0.05, 0) is 50.7 Å². The highest BCUT2D eigenvalue weighted by atomic mass is 16.5. The monoisotopic (exact) mass is 261 g/mol. The van der Waals surface area contributed by atoms with E-state index in [1.54, 1.807) is 6.92 Å². The van der Waals surface area contributed by atoms with Gasteiger partial charge in [0.25, 0.3) is 0 Å². The fraction of sp³-hybridized carbons (Fsp3) is 0.562. The molecular formula is C16H23NO2. The molecular weight excluding hydrogens is 238 g/mol. The normalized spacial score (nSPS) is 24.2. The zero-order valence-corrected chi connectivity index (χ0v) is 11.8. The fourth-order valence-corrected chi connectivity index (χ4v) is 2.88. The van der Waals surface area contributed by atoms with E-state index in [-0.39, 0.29) is 0 Å². The predicted octanol–water partition coefficient (Wildman–Crippen LogP) is 4.23. The Labute approximate surface area is 115 Å². The first-order valence-corrected chi connectivity index (χ1v) is 7.21. The van der Waals surface area contributed by atoms with Crippen LogP contribution in [-0.4, -0.2) is 17.0 Å². The summed E-state index contributed by atoms with van der Waals surface area (Å²) in [5.41, 5.74) is 1.48. The molecule has 0 aliphatic heterocycles. The Kier molecular flexibility index (Phi) is 4.83. The molecule has 2 atom stereocenters. The number of ether oxygens (including phenoxy) is 1. The number of oxime groups is 1. The van der Waals surface area contributed by atoms with Crippen molar-refractivity contribution >= 4 is 5.71 Å². The van der Waals surface area contributed by atoms with Crippen molar-refractivity contribution < 1.29 is 9.94 Å². The van der Waals surface area contributed by atoms with Crippen LogP contribution in [0, 0.1) is 5.92 Å². The van der Waals surface area contributed by atoms with Crippen molar-refractivity contribution in [2.24, 2.45) is 11.1 Å². The van der Waals surface area contributed by atoms with Crippen LogP contribution in [0.15, 0.2) is 29.4 Å². The van der Waals surface area contributed by atoms with E-state index in [2.05, 4.69) is 12.1 Å². The van der Waals surface area contributed by atoms with E-state index in [0.29, 0.717) is 17.7 Å². The number of rotatable bonds is 4. The van der Waals surface area contributed by atoms with Crippen LogP contribution < -0.4 is 4.74 Å². The molecule has 1 aliphatic carbocycles. The van der Waals surface area contributed by atoms with Crippen molar-refractivity contribution in [2.45, 2.75) is 52.1 Å². The van der Waals surface area contributed by atoms with E-state index < -0.39 is 0 Å². The van der Waals surface area contributed by atoms with Crippen molar-refractivity contribution in [1.82, 2.24) is 0 Å². The summed E-state index contributed by atoms with van der Waals surface area (Å²) in [4.78, 5) is 0. The maximum atomic E-state index is 8.95. The standard InChI is InChI=1S/C16H23NO2/c1-3-13-8-4-6-10-15(13)19-16-11-7-5-9-14(16)12(2)17-18/h5,7,9,11,13,15,18H,3-4,6,8,10H2,1-2H3. The van der Waals surface area contributed by atoms with Gasteiger partial charge in [-0.25, -0.2) is 0 Å². The van der Waals surface area contributed by atoms with Gasteiger partial charge in [-0.1, -0.05) is 30.6 Å². The number of hydrogen-bond donors (Lipinski definition) is 1. The molecule has 0 aromatic heterocycles. The van der Waals surface area contributed by atoms with Crippen LogP contribution in [0.2, 0.25) is 0 Å². The van der Waals surface area contributed by atoms with Crippen LogP contribution in [0.25, 0.3) is 0 Å². The first-order chi connectivity index (χ1) is 9.26. The molecule has 1 aromatic rings. The van der Waals surface area contributed by atoms with Crippen molar-refractivity contribution in [2.75, 3.05) is 0 Å². The molecule has 104 valence electrons. The Bertz CT molecular complexity index is 442. The number of para-hydroxylation sites is 1. The Morgan fingerprint density at radius 3 is 2.79 bits per heavy atom. The summed E-state index contributed by atoms with van der Waals surface area (Å²) in [6.07, 6.45) is 6.41. The molecule has 0 spiro atoms. The van der Waals surface area contributed by atoms with E-state index in [9.17, 15) is 0 Å². The summed E-state index contributed by atoms with van der Waals surface area (Å²) in [5, 5.41) is 12.2. The Morgan fingerprint density at radius 2 is 2.05 bits per heavy atom. The first kappa shape index (κ1) is 13.9. The molecule has 1 saturated carbocycles. The van der Waals surface area contributed by atoms with Crippen molar-refractivity contribution in [3.05, 3.63) is 29.8 Å². The summed E-state index contributed by atoms with van der Waals surface area (Å²) < 4.78 is 6.22. The number of nitrogens with zero attached hydrogens (tertiary/aromatic N) is 1. The van der Waals surface area contributed by atoms with E-state index in [1.807, 2.05) is 24.3 Å². The van der Waals surface area contributed by atoms with Crippen LogP contribution in [-0.2, 0) is 0 Å². The minimum Gasteiger partial charge on any atom is -0.489 e. The van der Waals surface area contributed by atoms with Gasteiger partial charge < -0.3 is 9.94 Å². The largest absolute Gasteiger partial charge is 0.489 e. The molecule has 2 unspecified atom stereocenters. The van der Waals surface area contributed by atoms with Gasteiger partial charge in [0, 0.05) is 5.56 Å². The van der Waals surface area contributed by atoms with Crippen LogP contribution in [0.4, 0.5) is 0 Å². The molecule has 1 aromatic carbocycles. The molecule has 0 bridgehead atoms. The Balaban J connectivity index is 2.18. The van der Waals surface area contributed by atoms with Crippen molar-refractivity contribution in [3.8, 4) is 5.75 Å². The second-order valence-corrected chi connectivity index (χ2v) is 5.29. The van der Waals surface area contributed by atoms with Gasteiger partial charge in [-0.15, -0.1) is 0 Å². The third-order valence-corrected chi connectivity index (χ3v) is 4.07. The summed E-state index contributed by atoms with van der Waals surface area (Å²) in [7, 11) is 0. The third-order valence-electron chi connectivity index (χ3n) is 4.07. The lowest BCUT2D eigenvalue weighted by Crippen LogP contribution is -2.30. The van der Waals surface area contributed by atoms with Crippen LogP contribution in [0.1, 0.15) is 51.5 Å². The molecule has 0 saturated heterocycles. The van der Waals surface area contributed by atoms with Gasteiger partial charge >= 0.3 is 0 Å². The molecule has 1 fully saturated rings. The predicted molar refractivity (Wildman–Crippen MR) is 77.1 cm³/mol. The molecule has 1 N–H and O–H groups in total. The van der Waals surface area contributed by atoms with Gasteiger partial charge in [0.1, 0.15) is 11.9 Å². The molecule has 1 aliphatic rings. The maximum Gasteiger partial charge on any atom is 0.128 e. The number of hydrogen-bond acceptors (Lipinski definition) is 3. The Hall–Kier alpha value is -1.51.